The molecule has 3 aromatic rings. The van der Waals surface area contributed by atoms with Gasteiger partial charge in [-0.2, -0.15) is 13.2 Å². The third-order valence-electron chi connectivity index (χ3n) is 4.06. The SMILES string of the molecule is O=C(NCc1cnc(C(F)(F)F)s1)c1ccc2c(c1)NC(=O)c1ccccc1O2. The van der Waals surface area contributed by atoms with Crippen molar-refractivity contribution in [2.75, 3.05) is 5.32 Å². The maximum Gasteiger partial charge on any atom is 0.443 e. The average Bonchev–Trinajstić information content (AvgIpc) is 3.12. The number of thiazole rings is 1. The molecule has 1 aliphatic heterocycles. The number of carbonyl (C=O) groups is 2. The molecular weight excluding hydrogens is 407 g/mol. The summed E-state index contributed by atoms with van der Waals surface area (Å²) < 4.78 is 43.6. The third kappa shape index (κ3) is 3.92. The highest BCUT2D eigenvalue weighted by Gasteiger charge is 2.34. The Labute approximate surface area is 166 Å². The lowest BCUT2D eigenvalue weighted by Crippen LogP contribution is -2.22. The molecule has 6 nitrogen and oxygen atoms in total. The van der Waals surface area contributed by atoms with Crippen molar-refractivity contribution in [1.29, 1.82) is 0 Å². The molecule has 0 spiro atoms. The molecule has 2 aromatic carbocycles. The van der Waals surface area contributed by atoms with Crippen molar-refractivity contribution in [3.8, 4) is 11.5 Å². The van der Waals surface area contributed by atoms with Crippen LogP contribution in [0.4, 0.5) is 18.9 Å². The lowest BCUT2D eigenvalue weighted by Gasteiger charge is -2.10. The highest BCUT2D eigenvalue weighted by Crippen LogP contribution is 2.36. The van der Waals surface area contributed by atoms with E-state index in [0.29, 0.717) is 34.1 Å². The smallest absolute Gasteiger partial charge is 0.443 e. The van der Waals surface area contributed by atoms with E-state index >= 15 is 0 Å². The molecule has 2 N–H and O–H groups in total. The number of benzene rings is 2. The first kappa shape index (κ1) is 18.9. The largest absolute Gasteiger partial charge is 0.454 e. The number of nitrogens with zero attached hydrogens (tertiary/aromatic N) is 1. The lowest BCUT2D eigenvalue weighted by molar-refractivity contribution is -0.137. The van der Waals surface area contributed by atoms with Crippen molar-refractivity contribution in [2.24, 2.45) is 0 Å². The number of anilines is 1. The van der Waals surface area contributed by atoms with Gasteiger partial charge in [-0.15, -0.1) is 11.3 Å². The highest BCUT2D eigenvalue weighted by atomic mass is 32.1. The minimum atomic E-state index is -4.51. The predicted octanol–water partition coefficient (Wildman–Crippen LogP) is 4.45. The molecule has 2 heterocycles. The average molecular weight is 419 g/mol. The maximum atomic E-state index is 12.6. The van der Waals surface area contributed by atoms with E-state index in [9.17, 15) is 22.8 Å². The number of alkyl halides is 3. The molecule has 0 saturated carbocycles. The van der Waals surface area contributed by atoms with Crippen LogP contribution in [0.2, 0.25) is 0 Å². The molecule has 10 heteroatoms. The van der Waals surface area contributed by atoms with E-state index in [1.807, 2.05) is 0 Å². The molecule has 148 valence electrons. The lowest BCUT2D eigenvalue weighted by atomic mass is 10.1. The number of nitrogens with one attached hydrogen (secondary N) is 2. The number of para-hydroxylation sites is 1. The number of aromatic nitrogens is 1. The standard InChI is InChI=1S/C19H12F3N3O3S/c20-19(21,22)18-24-9-11(29-18)8-23-16(26)10-5-6-15-13(7-10)25-17(27)12-3-1-2-4-14(12)28-15/h1-7,9H,8H2,(H,23,26)(H,25,27). The molecule has 1 aromatic heterocycles. The molecule has 0 unspecified atom stereocenters. The summed E-state index contributed by atoms with van der Waals surface area (Å²) in [6, 6.07) is 11.2. The summed E-state index contributed by atoms with van der Waals surface area (Å²) in [5.41, 5.74) is 0.899. The number of fused-ring (bicyclic) bond motifs is 2. The number of carbonyl (C=O) groups excluding carboxylic acids is 2. The summed E-state index contributed by atoms with van der Waals surface area (Å²) in [5, 5.41) is 4.27. The molecule has 0 atom stereocenters. The zero-order chi connectivity index (χ0) is 20.6. The first-order chi connectivity index (χ1) is 13.8. The van der Waals surface area contributed by atoms with Gasteiger partial charge in [-0.25, -0.2) is 4.98 Å². The van der Waals surface area contributed by atoms with Crippen molar-refractivity contribution in [1.82, 2.24) is 10.3 Å². The monoisotopic (exact) mass is 419 g/mol. The van der Waals surface area contributed by atoms with Crippen LogP contribution in [-0.2, 0) is 12.7 Å². The first-order valence-corrected chi connectivity index (χ1v) is 9.15. The molecule has 2 amide bonds. The zero-order valence-corrected chi connectivity index (χ0v) is 15.4. The molecule has 0 saturated heterocycles. The van der Waals surface area contributed by atoms with Crippen LogP contribution < -0.4 is 15.4 Å². The Hall–Kier alpha value is -3.40. The Morgan fingerprint density at radius 2 is 1.97 bits per heavy atom. The Balaban J connectivity index is 1.49. The fourth-order valence-corrected chi connectivity index (χ4v) is 3.42. The summed E-state index contributed by atoms with van der Waals surface area (Å²) in [6.07, 6.45) is -3.43. The Morgan fingerprint density at radius 3 is 2.72 bits per heavy atom. The summed E-state index contributed by atoms with van der Waals surface area (Å²) in [7, 11) is 0. The van der Waals surface area contributed by atoms with E-state index in [-0.39, 0.29) is 22.9 Å². The number of rotatable bonds is 3. The molecule has 1 aliphatic rings. The van der Waals surface area contributed by atoms with E-state index in [0.717, 1.165) is 6.20 Å². The Kier molecular flexibility index (Phi) is 4.71. The predicted molar refractivity (Wildman–Crippen MR) is 99.2 cm³/mol. The van der Waals surface area contributed by atoms with Gasteiger partial charge in [-0.05, 0) is 30.3 Å². The second kappa shape index (κ2) is 7.21. The van der Waals surface area contributed by atoms with Crippen LogP contribution in [0.3, 0.4) is 0 Å². The van der Waals surface area contributed by atoms with Crippen LogP contribution >= 0.6 is 11.3 Å². The summed E-state index contributed by atoms with van der Waals surface area (Å²) >= 11 is 0.468. The summed E-state index contributed by atoms with van der Waals surface area (Å²) in [6.45, 7) is -0.0992. The fraction of sp³-hybridized carbons (Fsp3) is 0.105. The first-order valence-electron chi connectivity index (χ1n) is 8.33. The van der Waals surface area contributed by atoms with E-state index in [2.05, 4.69) is 15.6 Å². The Morgan fingerprint density at radius 1 is 1.17 bits per heavy atom. The van der Waals surface area contributed by atoms with Gasteiger partial charge < -0.3 is 15.4 Å². The van der Waals surface area contributed by atoms with E-state index < -0.39 is 17.1 Å². The van der Waals surface area contributed by atoms with E-state index in [1.165, 1.54) is 12.1 Å². The highest BCUT2D eigenvalue weighted by molar-refractivity contribution is 7.11. The molecule has 0 bridgehead atoms. The molecule has 0 fully saturated rings. The van der Waals surface area contributed by atoms with Crippen molar-refractivity contribution in [2.45, 2.75) is 12.7 Å². The molecular formula is C19H12F3N3O3S. The van der Waals surface area contributed by atoms with Gasteiger partial charge in [-0.3, -0.25) is 9.59 Å². The van der Waals surface area contributed by atoms with E-state index in [1.54, 1.807) is 30.3 Å². The second-order valence-electron chi connectivity index (χ2n) is 6.08. The quantitative estimate of drug-likeness (QED) is 0.657. The van der Waals surface area contributed by atoms with Crippen LogP contribution in [0.5, 0.6) is 11.5 Å². The number of amides is 2. The van der Waals surface area contributed by atoms with Crippen LogP contribution in [0.15, 0.2) is 48.7 Å². The van der Waals surface area contributed by atoms with Crippen LogP contribution in [0, 0.1) is 0 Å². The van der Waals surface area contributed by atoms with Crippen molar-refractivity contribution in [3.63, 3.8) is 0 Å². The number of halogens is 3. The van der Waals surface area contributed by atoms with Crippen molar-refractivity contribution in [3.05, 3.63) is 69.7 Å². The van der Waals surface area contributed by atoms with Gasteiger partial charge in [0.05, 0.1) is 17.8 Å². The van der Waals surface area contributed by atoms with E-state index in [4.69, 9.17) is 4.74 Å². The van der Waals surface area contributed by atoms with Crippen molar-refractivity contribution < 1.29 is 27.5 Å². The van der Waals surface area contributed by atoms with Gasteiger partial charge in [0.2, 0.25) is 0 Å². The zero-order valence-electron chi connectivity index (χ0n) is 14.5. The topological polar surface area (TPSA) is 80.3 Å². The molecule has 29 heavy (non-hydrogen) atoms. The third-order valence-corrected chi connectivity index (χ3v) is 5.10. The number of hydrogen-bond donors (Lipinski definition) is 2. The Bertz CT molecular complexity index is 1110. The number of ether oxygens (including phenoxy) is 1. The van der Waals surface area contributed by atoms with Gasteiger partial charge in [0.25, 0.3) is 11.8 Å². The fourth-order valence-electron chi connectivity index (χ4n) is 2.70. The van der Waals surface area contributed by atoms with Crippen LogP contribution in [0.1, 0.15) is 30.6 Å². The minimum absolute atomic E-state index is 0.0992. The van der Waals surface area contributed by atoms with Gasteiger partial charge in [0.1, 0.15) is 5.75 Å². The van der Waals surface area contributed by atoms with Gasteiger partial charge in [0.15, 0.2) is 10.8 Å². The van der Waals surface area contributed by atoms with Gasteiger partial charge in [-0.1, -0.05) is 12.1 Å². The van der Waals surface area contributed by atoms with Gasteiger partial charge >= 0.3 is 6.18 Å². The summed E-state index contributed by atoms with van der Waals surface area (Å²) in [5.74, 6) is -0.115. The maximum absolute atomic E-state index is 12.6. The molecule has 4 rings (SSSR count). The van der Waals surface area contributed by atoms with Crippen LogP contribution in [-0.4, -0.2) is 16.8 Å². The summed E-state index contributed by atoms with van der Waals surface area (Å²) in [4.78, 5) is 28.3. The molecule has 0 radical (unpaired) electrons. The van der Waals surface area contributed by atoms with Crippen molar-refractivity contribution >= 4 is 28.8 Å². The van der Waals surface area contributed by atoms with Crippen LogP contribution in [0.25, 0.3) is 0 Å². The van der Waals surface area contributed by atoms with Gasteiger partial charge in [0, 0.05) is 16.6 Å². The molecule has 0 aliphatic carbocycles. The normalized spacial score (nSPS) is 12.9. The number of hydrogen-bond acceptors (Lipinski definition) is 5. The minimum Gasteiger partial charge on any atom is -0.454 e. The second-order valence-corrected chi connectivity index (χ2v) is 7.19.